The van der Waals surface area contributed by atoms with Gasteiger partial charge in [0.15, 0.2) is 0 Å². The lowest BCUT2D eigenvalue weighted by Crippen LogP contribution is -2.40. The number of benzene rings is 1. The predicted octanol–water partition coefficient (Wildman–Crippen LogP) is 2.65. The number of para-hydroxylation sites is 1. The minimum Gasteiger partial charge on any atom is -0.371 e. The predicted molar refractivity (Wildman–Crippen MR) is 79.7 cm³/mol. The van der Waals surface area contributed by atoms with Crippen LogP contribution in [0.4, 0.5) is 5.69 Å². The van der Waals surface area contributed by atoms with Crippen LogP contribution < -0.4 is 10.2 Å². The van der Waals surface area contributed by atoms with Crippen molar-refractivity contribution in [3.8, 4) is 0 Å². The maximum Gasteiger partial charge on any atom is 0.223 e. The van der Waals surface area contributed by atoms with Crippen LogP contribution in [-0.4, -0.2) is 31.4 Å². The normalized spacial score (nSPS) is 16.4. The molecule has 0 bridgehead atoms. The van der Waals surface area contributed by atoms with Crippen molar-refractivity contribution < 1.29 is 4.79 Å². The van der Waals surface area contributed by atoms with E-state index in [2.05, 4.69) is 34.5 Å². The summed E-state index contributed by atoms with van der Waals surface area (Å²) in [6, 6.07) is 10.4. The number of hydrogen-bond acceptors (Lipinski definition) is 2. The third kappa shape index (κ3) is 4.13. The van der Waals surface area contributed by atoms with Gasteiger partial charge in [0.05, 0.1) is 0 Å². The number of halogens is 1. The third-order valence-electron chi connectivity index (χ3n) is 3.60. The molecule has 104 valence electrons. The average molecular weight is 281 g/mol. The molecule has 3 nitrogen and oxygen atoms in total. The summed E-state index contributed by atoms with van der Waals surface area (Å²) >= 11 is 5.60. The van der Waals surface area contributed by atoms with Crippen molar-refractivity contribution >= 4 is 23.2 Å². The van der Waals surface area contributed by atoms with Gasteiger partial charge in [-0.05, 0) is 31.4 Å². The number of rotatable bonds is 5. The van der Waals surface area contributed by atoms with Gasteiger partial charge in [-0.1, -0.05) is 18.2 Å². The Kier molecular flexibility index (Phi) is 5.52. The number of anilines is 1. The monoisotopic (exact) mass is 280 g/mol. The van der Waals surface area contributed by atoms with Gasteiger partial charge in [-0.3, -0.25) is 4.79 Å². The van der Waals surface area contributed by atoms with Crippen LogP contribution in [-0.2, 0) is 4.79 Å². The van der Waals surface area contributed by atoms with E-state index in [1.54, 1.807) is 0 Å². The van der Waals surface area contributed by atoms with Crippen molar-refractivity contribution in [1.29, 1.82) is 0 Å². The highest BCUT2D eigenvalue weighted by molar-refractivity contribution is 6.17. The third-order valence-corrected chi connectivity index (χ3v) is 3.86. The molecule has 0 spiro atoms. The summed E-state index contributed by atoms with van der Waals surface area (Å²) in [6.45, 7) is 2.61. The Bertz CT molecular complexity index is 388. The molecule has 0 aromatic heterocycles. The minimum absolute atomic E-state index is 0.162. The molecule has 0 atom stereocenters. The van der Waals surface area contributed by atoms with Gasteiger partial charge in [-0.15, -0.1) is 11.6 Å². The summed E-state index contributed by atoms with van der Waals surface area (Å²) in [5, 5.41) is 2.97. The summed E-state index contributed by atoms with van der Waals surface area (Å²) in [5.74, 6) is 0.959. The van der Waals surface area contributed by atoms with Crippen molar-refractivity contribution in [1.82, 2.24) is 5.32 Å². The molecule has 1 saturated heterocycles. The lowest BCUT2D eigenvalue weighted by Gasteiger charge is -2.33. The molecule has 1 heterocycles. The molecule has 1 aromatic rings. The molecule has 19 heavy (non-hydrogen) atoms. The van der Waals surface area contributed by atoms with Crippen molar-refractivity contribution in [2.24, 2.45) is 5.92 Å². The fourth-order valence-corrected chi connectivity index (χ4v) is 2.60. The van der Waals surface area contributed by atoms with Crippen molar-refractivity contribution in [3.05, 3.63) is 30.3 Å². The second kappa shape index (κ2) is 7.39. The SMILES string of the molecule is O=C(NCCCCl)C1CCN(c2ccccc2)CC1. The smallest absolute Gasteiger partial charge is 0.223 e. The molecule has 1 fully saturated rings. The zero-order chi connectivity index (χ0) is 13.5. The van der Waals surface area contributed by atoms with E-state index < -0.39 is 0 Å². The van der Waals surface area contributed by atoms with E-state index in [-0.39, 0.29) is 11.8 Å². The fourth-order valence-electron chi connectivity index (χ4n) is 2.46. The second-order valence-electron chi connectivity index (χ2n) is 4.93. The standard InChI is InChI=1S/C15H21ClN2O/c16-9-4-10-17-15(19)13-7-11-18(12-8-13)14-5-2-1-3-6-14/h1-3,5-6,13H,4,7-12H2,(H,17,19). The van der Waals surface area contributed by atoms with Crippen LogP contribution >= 0.6 is 11.6 Å². The number of piperidine rings is 1. The van der Waals surface area contributed by atoms with Crippen molar-refractivity contribution in [2.75, 3.05) is 30.4 Å². The number of alkyl halides is 1. The Morgan fingerprint density at radius 3 is 2.58 bits per heavy atom. The van der Waals surface area contributed by atoms with Crippen molar-refractivity contribution in [3.63, 3.8) is 0 Å². The average Bonchev–Trinajstić information content (AvgIpc) is 2.48. The second-order valence-corrected chi connectivity index (χ2v) is 5.31. The van der Waals surface area contributed by atoms with Gasteiger partial charge in [0.2, 0.25) is 5.91 Å². The molecule has 1 aliphatic rings. The molecule has 0 saturated carbocycles. The van der Waals surface area contributed by atoms with E-state index >= 15 is 0 Å². The van der Waals surface area contributed by atoms with E-state index in [0.717, 1.165) is 32.4 Å². The van der Waals surface area contributed by atoms with Crippen LogP contribution in [0.15, 0.2) is 30.3 Å². The van der Waals surface area contributed by atoms with Gasteiger partial charge in [-0.2, -0.15) is 0 Å². The summed E-state index contributed by atoms with van der Waals surface area (Å²) in [7, 11) is 0. The zero-order valence-electron chi connectivity index (χ0n) is 11.1. The first-order chi connectivity index (χ1) is 9.31. The molecular weight excluding hydrogens is 260 g/mol. The van der Waals surface area contributed by atoms with E-state index in [1.807, 2.05) is 6.07 Å². The Labute approximate surface area is 119 Å². The minimum atomic E-state index is 0.162. The van der Waals surface area contributed by atoms with Crippen LogP contribution in [0.2, 0.25) is 0 Å². The highest BCUT2D eigenvalue weighted by atomic mass is 35.5. The number of hydrogen-bond donors (Lipinski definition) is 1. The molecule has 0 radical (unpaired) electrons. The van der Waals surface area contributed by atoms with E-state index in [0.29, 0.717) is 12.4 Å². The van der Waals surface area contributed by atoms with Crippen LogP contribution in [0.1, 0.15) is 19.3 Å². The van der Waals surface area contributed by atoms with E-state index in [9.17, 15) is 4.79 Å². The summed E-state index contributed by atoms with van der Waals surface area (Å²) in [5.41, 5.74) is 1.25. The maximum atomic E-state index is 11.9. The fraction of sp³-hybridized carbons (Fsp3) is 0.533. The van der Waals surface area contributed by atoms with Crippen LogP contribution in [0, 0.1) is 5.92 Å². The lowest BCUT2D eigenvalue weighted by molar-refractivity contribution is -0.125. The quantitative estimate of drug-likeness (QED) is 0.664. The first-order valence-corrected chi connectivity index (χ1v) is 7.48. The summed E-state index contributed by atoms with van der Waals surface area (Å²) < 4.78 is 0. The van der Waals surface area contributed by atoms with E-state index in [4.69, 9.17) is 11.6 Å². The van der Waals surface area contributed by atoms with Crippen LogP contribution in [0.25, 0.3) is 0 Å². The first kappa shape index (κ1) is 14.2. The number of carbonyl (C=O) groups excluding carboxylic acids is 1. The van der Waals surface area contributed by atoms with Crippen LogP contribution in [0.5, 0.6) is 0 Å². The molecule has 1 aliphatic heterocycles. The Morgan fingerprint density at radius 1 is 1.26 bits per heavy atom. The molecule has 1 aromatic carbocycles. The van der Waals surface area contributed by atoms with Gasteiger partial charge >= 0.3 is 0 Å². The Balaban J connectivity index is 1.77. The van der Waals surface area contributed by atoms with Gasteiger partial charge in [0.1, 0.15) is 0 Å². The zero-order valence-corrected chi connectivity index (χ0v) is 11.9. The Morgan fingerprint density at radius 2 is 1.95 bits per heavy atom. The van der Waals surface area contributed by atoms with Crippen LogP contribution in [0.3, 0.4) is 0 Å². The number of carbonyl (C=O) groups is 1. The molecule has 1 N–H and O–H groups in total. The topological polar surface area (TPSA) is 32.3 Å². The number of nitrogens with one attached hydrogen (secondary N) is 1. The molecular formula is C15H21ClN2O. The van der Waals surface area contributed by atoms with Gasteiger partial charge in [0, 0.05) is 37.1 Å². The Hall–Kier alpha value is -1.22. The molecule has 4 heteroatoms. The number of nitrogens with zero attached hydrogens (tertiary/aromatic N) is 1. The largest absolute Gasteiger partial charge is 0.371 e. The van der Waals surface area contributed by atoms with Gasteiger partial charge in [0.25, 0.3) is 0 Å². The van der Waals surface area contributed by atoms with Gasteiger partial charge < -0.3 is 10.2 Å². The summed E-state index contributed by atoms with van der Waals surface area (Å²) in [4.78, 5) is 14.3. The molecule has 0 aliphatic carbocycles. The number of amides is 1. The van der Waals surface area contributed by atoms with Gasteiger partial charge in [-0.25, -0.2) is 0 Å². The first-order valence-electron chi connectivity index (χ1n) is 6.95. The maximum absolute atomic E-state index is 11.9. The van der Waals surface area contributed by atoms with Crippen molar-refractivity contribution in [2.45, 2.75) is 19.3 Å². The lowest BCUT2D eigenvalue weighted by atomic mass is 9.95. The molecule has 2 rings (SSSR count). The highest BCUT2D eigenvalue weighted by Gasteiger charge is 2.24. The highest BCUT2D eigenvalue weighted by Crippen LogP contribution is 2.22. The summed E-state index contributed by atoms with van der Waals surface area (Å²) in [6.07, 6.45) is 2.71. The molecule has 0 unspecified atom stereocenters. The molecule has 1 amide bonds. The van der Waals surface area contributed by atoms with E-state index in [1.165, 1.54) is 5.69 Å².